The molecule has 0 saturated carbocycles. The normalized spacial score (nSPS) is 17.0. The second-order valence-corrected chi connectivity index (χ2v) is 8.67. The lowest BCUT2D eigenvalue weighted by atomic mass is 10.2. The zero-order chi connectivity index (χ0) is 20.9. The number of halogens is 2. The van der Waals surface area contributed by atoms with Crippen LogP contribution in [0.3, 0.4) is 0 Å². The number of furan rings is 1. The minimum absolute atomic E-state index is 0.139. The standard InChI is InChI=1S/C22H15BrClN3O2S/c23-17-7-3-15(4-8-17)12-20-21(28)27(14-19-2-1-11-29-19)22(30-20)26-25-13-16-5-9-18(24)10-6-16/h1-13H,14H2/b20-12-,25-13+,26-22-. The first kappa shape index (κ1) is 20.7. The Labute approximate surface area is 191 Å². The molecule has 1 aliphatic rings. The summed E-state index contributed by atoms with van der Waals surface area (Å²) in [4.78, 5) is 15.2. The minimum Gasteiger partial charge on any atom is -0.467 e. The van der Waals surface area contributed by atoms with Crippen molar-refractivity contribution in [3.63, 3.8) is 0 Å². The van der Waals surface area contributed by atoms with E-state index in [9.17, 15) is 4.79 Å². The van der Waals surface area contributed by atoms with Crippen LogP contribution in [0.15, 0.2) is 90.9 Å². The van der Waals surface area contributed by atoms with Gasteiger partial charge in [0.05, 0.1) is 23.9 Å². The molecule has 8 heteroatoms. The van der Waals surface area contributed by atoms with Crippen molar-refractivity contribution in [1.29, 1.82) is 0 Å². The maximum absolute atomic E-state index is 13.0. The van der Waals surface area contributed by atoms with E-state index in [4.69, 9.17) is 16.0 Å². The molecule has 1 saturated heterocycles. The molecule has 0 unspecified atom stereocenters. The molecular weight excluding hydrogens is 486 g/mol. The van der Waals surface area contributed by atoms with Crippen molar-refractivity contribution in [2.24, 2.45) is 10.2 Å². The monoisotopic (exact) mass is 499 g/mol. The van der Waals surface area contributed by atoms with Gasteiger partial charge in [-0.15, -0.1) is 5.10 Å². The van der Waals surface area contributed by atoms with Crippen molar-refractivity contribution < 1.29 is 9.21 Å². The second-order valence-electron chi connectivity index (χ2n) is 6.31. The average Bonchev–Trinajstić information content (AvgIpc) is 3.35. The summed E-state index contributed by atoms with van der Waals surface area (Å²) in [6, 6.07) is 18.6. The van der Waals surface area contributed by atoms with Gasteiger partial charge in [0.15, 0.2) is 5.17 Å². The highest BCUT2D eigenvalue weighted by Gasteiger charge is 2.34. The van der Waals surface area contributed by atoms with E-state index < -0.39 is 0 Å². The molecule has 1 aromatic heterocycles. The number of nitrogens with zero attached hydrogens (tertiary/aromatic N) is 3. The predicted molar refractivity (Wildman–Crippen MR) is 125 cm³/mol. The van der Waals surface area contributed by atoms with Crippen LogP contribution in [0.5, 0.6) is 0 Å². The van der Waals surface area contributed by atoms with Crippen molar-refractivity contribution >= 4 is 62.7 Å². The van der Waals surface area contributed by atoms with E-state index in [1.807, 2.05) is 48.5 Å². The van der Waals surface area contributed by atoms with E-state index in [1.165, 1.54) is 11.8 Å². The highest BCUT2D eigenvalue weighted by molar-refractivity contribution is 9.10. The van der Waals surface area contributed by atoms with Gasteiger partial charge in [0.2, 0.25) is 0 Å². The molecule has 0 N–H and O–H groups in total. The quantitative estimate of drug-likeness (QED) is 0.238. The van der Waals surface area contributed by atoms with E-state index in [2.05, 4.69) is 26.1 Å². The third kappa shape index (κ3) is 5.11. The summed E-state index contributed by atoms with van der Waals surface area (Å²) in [5, 5.41) is 9.60. The van der Waals surface area contributed by atoms with Crippen molar-refractivity contribution in [2.45, 2.75) is 6.54 Å². The SMILES string of the molecule is O=C1/C(=C/c2ccc(Br)cc2)S/C(=N\N=C\c2ccc(Cl)cc2)N1Cc1ccco1. The van der Waals surface area contributed by atoms with Crippen LogP contribution in [0, 0.1) is 0 Å². The van der Waals surface area contributed by atoms with Crippen LogP contribution in [0.2, 0.25) is 5.02 Å². The summed E-state index contributed by atoms with van der Waals surface area (Å²) >= 11 is 10.6. The Morgan fingerprint density at radius 3 is 2.50 bits per heavy atom. The van der Waals surface area contributed by atoms with Crippen LogP contribution in [0.25, 0.3) is 6.08 Å². The molecule has 4 rings (SSSR count). The number of benzene rings is 2. The lowest BCUT2D eigenvalue weighted by Gasteiger charge is -2.12. The second kappa shape index (κ2) is 9.47. The molecule has 1 fully saturated rings. The van der Waals surface area contributed by atoms with Gasteiger partial charge in [-0.25, -0.2) is 0 Å². The van der Waals surface area contributed by atoms with Gasteiger partial charge in [-0.1, -0.05) is 51.8 Å². The Bertz CT molecular complexity index is 1120. The molecule has 5 nitrogen and oxygen atoms in total. The van der Waals surface area contributed by atoms with E-state index in [0.29, 0.717) is 20.9 Å². The lowest BCUT2D eigenvalue weighted by molar-refractivity contribution is -0.122. The fraction of sp³-hybridized carbons (Fsp3) is 0.0455. The van der Waals surface area contributed by atoms with Gasteiger partial charge >= 0.3 is 0 Å². The highest BCUT2D eigenvalue weighted by atomic mass is 79.9. The first-order valence-corrected chi connectivity index (χ1v) is 10.9. The number of hydrogen-bond donors (Lipinski definition) is 0. The number of carbonyl (C=O) groups excluding carboxylic acids is 1. The molecule has 1 amide bonds. The van der Waals surface area contributed by atoms with Gasteiger partial charge in [-0.2, -0.15) is 5.10 Å². The summed E-state index contributed by atoms with van der Waals surface area (Å²) in [5.74, 6) is 0.531. The van der Waals surface area contributed by atoms with E-state index in [0.717, 1.165) is 15.6 Å². The molecule has 30 heavy (non-hydrogen) atoms. The Hall–Kier alpha value is -2.61. The summed E-state index contributed by atoms with van der Waals surface area (Å²) in [6.07, 6.45) is 5.05. The molecule has 2 heterocycles. The summed E-state index contributed by atoms with van der Waals surface area (Å²) in [5.41, 5.74) is 1.79. The largest absolute Gasteiger partial charge is 0.467 e. The van der Waals surface area contributed by atoms with Gasteiger partial charge in [-0.3, -0.25) is 9.69 Å². The van der Waals surface area contributed by atoms with E-state index in [-0.39, 0.29) is 12.5 Å². The average molecular weight is 501 g/mol. The Morgan fingerprint density at radius 2 is 1.80 bits per heavy atom. The summed E-state index contributed by atoms with van der Waals surface area (Å²) in [7, 11) is 0. The third-order valence-electron chi connectivity index (χ3n) is 4.17. The number of thioether (sulfide) groups is 1. The van der Waals surface area contributed by atoms with E-state index in [1.54, 1.807) is 35.6 Å². The lowest BCUT2D eigenvalue weighted by Crippen LogP contribution is -2.28. The van der Waals surface area contributed by atoms with Gasteiger partial charge in [-0.05, 0) is 65.4 Å². The Balaban J connectivity index is 1.60. The van der Waals surface area contributed by atoms with Gasteiger partial charge in [0, 0.05) is 9.50 Å². The number of rotatable bonds is 5. The van der Waals surface area contributed by atoms with Gasteiger partial charge < -0.3 is 4.42 Å². The van der Waals surface area contributed by atoms with Gasteiger partial charge in [0.1, 0.15) is 5.76 Å². The number of carbonyl (C=O) groups is 1. The van der Waals surface area contributed by atoms with Crippen molar-refractivity contribution in [3.05, 3.63) is 98.2 Å². The topological polar surface area (TPSA) is 58.2 Å². The van der Waals surface area contributed by atoms with Crippen LogP contribution in [0.1, 0.15) is 16.9 Å². The molecule has 0 spiro atoms. The smallest absolute Gasteiger partial charge is 0.267 e. The molecular formula is C22H15BrClN3O2S. The molecule has 0 atom stereocenters. The van der Waals surface area contributed by atoms with Crippen molar-refractivity contribution in [2.75, 3.05) is 0 Å². The molecule has 2 aromatic carbocycles. The molecule has 1 aliphatic heterocycles. The Kier molecular flexibility index (Phi) is 6.52. The summed E-state index contributed by atoms with van der Waals surface area (Å²) < 4.78 is 6.39. The molecule has 0 bridgehead atoms. The predicted octanol–water partition coefficient (Wildman–Crippen LogP) is 6.20. The van der Waals surface area contributed by atoms with Crippen LogP contribution in [0.4, 0.5) is 0 Å². The molecule has 0 aliphatic carbocycles. The maximum atomic E-state index is 13.0. The third-order valence-corrected chi connectivity index (χ3v) is 5.95. The van der Waals surface area contributed by atoms with Gasteiger partial charge in [0.25, 0.3) is 5.91 Å². The number of amidine groups is 1. The first-order chi connectivity index (χ1) is 14.6. The molecule has 150 valence electrons. The highest BCUT2D eigenvalue weighted by Crippen LogP contribution is 2.34. The minimum atomic E-state index is -0.139. The number of hydrogen-bond acceptors (Lipinski definition) is 5. The van der Waals surface area contributed by atoms with E-state index >= 15 is 0 Å². The zero-order valence-corrected chi connectivity index (χ0v) is 18.7. The molecule has 0 radical (unpaired) electrons. The van der Waals surface area contributed by atoms with Crippen LogP contribution in [-0.4, -0.2) is 22.2 Å². The summed E-state index contributed by atoms with van der Waals surface area (Å²) in [6.45, 7) is 0.284. The zero-order valence-electron chi connectivity index (χ0n) is 15.5. The molecule has 3 aromatic rings. The fourth-order valence-electron chi connectivity index (χ4n) is 2.68. The first-order valence-electron chi connectivity index (χ1n) is 8.94. The fourth-order valence-corrected chi connectivity index (χ4v) is 4.01. The maximum Gasteiger partial charge on any atom is 0.267 e. The Morgan fingerprint density at radius 1 is 1.07 bits per heavy atom. The van der Waals surface area contributed by atoms with Crippen LogP contribution in [-0.2, 0) is 11.3 Å². The van der Waals surface area contributed by atoms with Crippen molar-refractivity contribution in [1.82, 2.24) is 4.90 Å². The number of amides is 1. The van der Waals surface area contributed by atoms with Crippen molar-refractivity contribution in [3.8, 4) is 0 Å². The van der Waals surface area contributed by atoms with Crippen LogP contribution >= 0.6 is 39.3 Å². The van der Waals surface area contributed by atoms with Crippen LogP contribution < -0.4 is 0 Å².